The molecule has 9 nitrogen and oxygen atoms in total. The van der Waals surface area contributed by atoms with Gasteiger partial charge in [0.2, 0.25) is 5.91 Å². The van der Waals surface area contributed by atoms with E-state index in [1.807, 2.05) is 19.9 Å². The van der Waals surface area contributed by atoms with Crippen LogP contribution in [0.4, 0.5) is 10.5 Å². The number of carbonyl (C=O) groups excluding carboxylic acids is 3. The number of rotatable bonds is 8. The molecule has 1 saturated heterocycles. The number of aryl methyl sites for hydroxylation is 1. The van der Waals surface area contributed by atoms with Crippen molar-refractivity contribution in [2.75, 3.05) is 33.2 Å². The van der Waals surface area contributed by atoms with Gasteiger partial charge >= 0.3 is 6.03 Å². The number of urea groups is 1. The van der Waals surface area contributed by atoms with Gasteiger partial charge in [-0.2, -0.15) is 0 Å². The Morgan fingerprint density at radius 1 is 1.00 bits per heavy atom. The molecule has 1 aliphatic heterocycles. The Hall–Kier alpha value is -3.75. The van der Waals surface area contributed by atoms with Gasteiger partial charge in [-0.1, -0.05) is 13.0 Å². The van der Waals surface area contributed by atoms with Crippen LogP contribution in [0.3, 0.4) is 0 Å². The molecule has 1 fully saturated rings. The van der Waals surface area contributed by atoms with Gasteiger partial charge in [0.25, 0.3) is 5.91 Å². The fourth-order valence-corrected chi connectivity index (χ4v) is 3.81. The first-order valence-corrected chi connectivity index (χ1v) is 10.1. The maximum Gasteiger partial charge on any atom is 0.325 e. The number of amides is 4. The van der Waals surface area contributed by atoms with Crippen LogP contribution in [0.5, 0.6) is 17.2 Å². The summed E-state index contributed by atoms with van der Waals surface area (Å²) >= 11 is 0. The lowest BCUT2D eigenvalue weighted by molar-refractivity contribution is -0.134. The number of carbonyl (C=O) groups is 3. The lowest BCUT2D eigenvalue weighted by Crippen LogP contribution is -2.44. The second-order valence-electron chi connectivity index (χ2n) is 7.38. The molecule has 170 valence electrons. The summed E-state index contributed by atoms with van der Waals surface area (Å²) in [4.78, 5) is 39.5. The summed E-state index contributed by atoms with van der Waals surface area (Å²) in [5.41, 5.74) is 0.689. The number of hydrogen-bond acceptors (Lipinski definition) is 6. The molecule has 4 amide bonds. The van der Waals surface area contributed by atoms with Crippen molar-refractivity contribution in [2.45, 2.75) is 25.8 Å². The van der Waals surface area contributed by atoms with Crippen molar-refractivity contribution in [1.82, 2.24) is 10.2 Å². The maximum absolute atomic E-state index is 13.3. The van der Waals surface area contributed by atoms with Crippen LogP contribution in [0, 0.1) is 6.92 Å². The lowest BCUT2D eigenvalue weighted by Gasteiger charge is -2.26. The van der Waals surface area contributed by atoms with Crippen LogP contribution in [0.1, 0.15) is 24.5 Å². The van der Waals surface area contributed by atoms with Crippen molar-refractivity contribution >= 4 is 23.5 Å². The standard InChI is InChI=1S/C23H27N3O6/c1-6-23(15-7-9-17(30-3)14(2)11-15)21(28)26(22(29)25-23)13-20(27)24-16-8-10-18(31-4)19(12-16)32-5/h7-12H,6,13H2,1-5H3,(H,24,27)(H,25,29). The van der Waals surface area contributed by atoms with E-state index in [4.69, 9.17) is 14.2 Å². The fourth-order valence-electron chi connectivity index (χ4n) is 3.81. The number of anilines is 1. The third kappa shape index (κ3) is 4.05. The second-order valence-corrected chi connectivity index (χ2v) is 7.38. The fraction of sp³-hybridized carbons (Fsp3) is 0.348. The summed E-state index contributed by atoms with van der Waals surface area (Å²) in [5.74, 6) is 0.653. The number of methoxy groups -OCH3 is 3. The molecule has 3 rings (SSSR count). The molecule has 1 heterocycles. The lowest BCUT2D eigenvalue weighted by atomic mass is 9.86. The smallest absolute Gasteiger partial charge is 0.325 e. The van der Waals surface area contributed by atoms with Gasteiger partial charge in [-0.3, -0.25) is 14.5 Å². The van der Waals surface area contributed by atoms with E-state index in [0.717, 1.165) is 10.5 Å². The Bertz CT molecular complexity index is 1050. The third-order valence-electron chi connectivity index (χ3n) is 5.56. The number of benzene rings is 2. The zero-order valence-corrected chi connectivity index (χ0v) is 18.8. The summed E-state index contributed by atoms with van der Waals surface area (Å²) in [6, 6.07) is 9.59. The zero-order valence-electron chi connectivity index (χ0n) is 18.8. The Morgan fingerprint density at radius 3 is 2.25 bits per heavy atom. The zero-order chi connectivity index (χ0) is 23.5. The van der Waals surface area contributed by atoms with E-state index in [0.29, 0.717) is 34.9 Å². The topological polar surface area (TPSA) is 106 Å². The second kappa shape index (κ2) is 9.17. The highest BCUT2D eigenvalue weighted by atomic mass is 16.5. The van der Waals surface area contributed by atoms with Crippen LogP contribution in [0.15, 0.2) is 36.4 Å². The van der Waals surface area contributed by atoms with Crippen LogP contribution >= 0.6 is 0 Å². The molecule has 0 spiro atoms. The summed E-state index contributed by atoms with van der Waals surface area (Å²) in [7, 11) is 4.57. The Morgan fingerprint density at radius 2 is 1.66 bits per heavy atom. The minimum Gasteiger partial charge on any atom is -0.496 e. The molecule has 2 N–H and O–H groups in total. The Balaban J connectivity index is 1.79. The highest BCUT2D eigenvalue weighted by Gasteiger charge is 2.51. The van der Waals surface area contributed by atoms with E-state index in [1.54, 1.807) is 37.4 Å². The van der Waals surface area contributed by atoms with E-state index in [-0.39, 0.29) is 0 Å². The molecular formula is C23H27N3O6. The first-order valence-electron chi connectivity index (χ1n) is 10.1. The molecule has 1 aliphatic rings. The van der Waals surface area contributed by atoms with Crippen molar-refractivity contribution < 1.29 is 28.6 Å². The predicted molar refractivity (Wildman–Crippen MR) is 118 cm³/mol. The summed E-state index contributed by atoms with van der Waals surface area (Å²) in [6.07, 6.45) is 0.330. The van der Waals surface area contributed by atoms with Gasteiger partial charge in [0.05, 0.1) is 21.3 Å². The molecule has 0 aliphatic carbocycles. The average Bonchev–Trinajstić information content (AvgIpc) is 3.03. The molecule has 0 radical (unpaired) electrons. The molecular weight excluding hydrogens is 414 g/mol. The van der Waals surface area contributed by atoms with Crippen molar-refractivity contribution in [2.24, 2.45) is 0 Å². The highest BCUT2D eigenvalue weighted by molar-refractivity contribution is 6.10. The molecule has 0 bridgehead atoms. The van der Waals surface area contributed by atoms with E-state index in [1.165, 1.54) is 14.2 Å². The Kier molecular flexibility index (Phi) is 6.57. The molecule has 32 heavy (non-hydrogen) atoms. The van der Waals surface area contributed by atoms with Crippen molar-refractivity contribution in [3.63, 3.8) is 0 Å². The quantitative estimate of drug-likeness (QED) is 0.610. The molecule has 1 atom stereocenters. The largest absolute Gasteiger partial charge is 0.496 e. The minimum atomic E-state index is -1.24. The van der Waals surface area contributed by atoms with Crippen LogP contribution < -0.4 is 24.8 Å². The number of ether oxygens (including phenoxy) is 3. The first kappa shape index (κ1) is 22.9. The van der Waals surface area contributed by atoms with Gasteiger partial charge in [0.15, 0.2) is 11.5 Å². The first-order chi connectivity index (χ1) is 15.3. The summed E-state index contributed by atoms with van der Waals surface area (Å²) in [5, 5.41) is 5.46. The van der Waals surface area contributed by atoms with Crippen LogP contribution in [-0.4, -0.2) is 50.6 Å². The molecule has 2 aromatic carbocycles. The van der Waals surface area contributed by atoms with Gasteiger partial charge in [0, 0.05) is 11.8 Å². The highest BCUT2D eigenvalue weighted by Crippen LogP contribution is 2.35. The van der Waals surface area contributed by atoms with E-state index >= 15 is 0 Å². The van der Waals surface area contributed by atoms with Gasteiger partial charge in [-0.25, -0.2) is 4.79 Å². The maximum atomic E-state index is 13.3. The summed E-state index contributed by atoms with van der Waals surface area (Å²) in [6.45, 7) is 3.25. The molecule has 0 saturated carbocycles. The van der Waals surface area contributed by atoms with Crippen molar-refractivity contribution in [3.05, 3.63) is 47.5 Å². The minimum absolute atomic E-state index is 0.330. The van der Waals surface area contributed by atoms with E-state index in [9.17, 15) is 14.4 Å². The third-order valence-corrected chi connectivity index (χ3v) is 5.56. The van der Waals surface area contributed by atoms with Crippen LogP contribution in [0.25, 0.3) is 0 Å². The summed E-state index contributed by atoms with van der Waals surface area (Å²) < 4.78 is 15.7. The van der Waals surface area contributed by atoms with Crippen LogP contribution in [-0.2, 0) is 15.1 Å². The number of nitrogens with zero attached hydrogens (tertiary/aromatic N) is 1. The van der Waals surface area contributed by atoms with Gasteiger partial charge < -0.3 is 24.8 Å². The molecule has 0 aromatic heterocycles. The number of nitrogens with one attached hydrogen (secondary N) is 2. The monoisotopic (exact) mass is 441 g/mol. The van der Waals surface area contributed by atoms with Gasteiger partial charge in [0.1, 0.15) is 17.8 Å². The molecule has 1 unspecified atom stereocenters. The number of hydrogen-bond donors (Lipinski definition) is 2. The van der Waals surface area contributed by atoms with Gasteiger partial charge in [-0.05, 0) is 48.7 Å². The van der Waals surface area contributed by atoms with E-state index < -0.39 is 29.9 Å². The van der Waals surface area contributed by atoms with Crippen molar-refractivity contribution in [3.8, 4) is 17.2 Å². The van der Waals surface area contributed by atoms with Gasteiger partial charge in [-0.15, -0.1) is 0 Å². The number of imide groups is 1. The predicted octanol–water partition coefficient (Wildman–Crippen LogP) is 2.82. The SMILES string of the molecule is CCC1(c2ccc(OC)c(C)c2)NC(=O)N(CC(=O)Nc2ccc(OC)c(OC)c2)C1=O. The van der Waals surface area contributed by atoms with E-state index in [2.05, 4.69) is 10.6 Å². The average molecular weight is 441 g/mol. The molecule has 9 heteroatoms. The normalized spacial score (nSPS) is 17.7. The van der Waals surface area contributed by atoms with Crippen molar-refractivity contribution in [1.29, 1.82) is 0 Å². The molecule has 2 aromatic rings. The van der Waals surface area contributed by atoms with Crippen LogP contribution in [0.2, 0.25) is 0 Å². The Labute approximate surface area is 186 Å².